The minimum Gasteiger partial charge on any atom is -0.394 e. The molecule has 3 rings (SSSR count). The fourth-order valence-electron chi connectivity index (χ4n) is 3.56. The van der Waals surface area contributed by atoms with Gasteiger partial charge in [0.15, 0.2) is 0 Å². The van der Waals surface area contributed by atoms with Crippen molar-refractivity contribution in [2.75, 3.05) is 6.61 Å². The summed E-state index contributed by atoms with van der Waals surface area (Å²) in [6.07, 6.45) is -0.573. The summed E-state index contributed by atoms with van der Waals surface area (Å²) in [5, 5.41) is 49.0. The molecule has 5 N–H and O–H groups in total. The Bertz CT molecular complexity index is 604. The van der Waals surface area contributed by atoms with Gasteiger partial charge in [-0.15, -0.1) is 0 Å². The van der Waals surface area contributed by atoms with Gasteiger partial charge in [0, 0.05) is 0 Å². The highest BCUT2D eigenvalue weighted by atomic mass is 16.5. The first-order chi connectivity index (χ1) is 12.0. The molecule has 0 radical (unpaired) electrons. The molecule has 1 heterocycles. The molecule has 6 nitrogen and oxygen atoms in total. The van der Waals surface area contributed by atoms with Crippen LogP contribution in [0.15, 0.2) is 29.8 Å². The summed E-state index contributed by atoms with van der Waals surface area (Å²) in [7, 11) is 0. The van der Waals surface area contributed by atoms with E-state index in [1.807, 2.05) is 18.2 Å². The molecule has 5 atom stereocenters. The van der Waals surface area contributed by atoms with Crippen LogP contribution in [0.3, 0.4) is 0 Å². The van der Waals surface area contributed by atoms with Crippen molar-refractivity contribution in [2.45, 2.75) is 62.3 Å². The van der Waals surface area contributed by atoms with E-state index in [2.05, 4.69) is 6.08 Å². The number of aliphatic hydroxyl groups excluding tert-OH is 5. The summed E-state index contributed by atoms with van der Waals surface area (Å²) >= 11 is 0. The van der Waals surface area contributed by atoms with Gasteiger partial charge in [-0.05, 0) is 42.9 Å². The van der Waals surface area contributed by atoms with Crippen molar-refractivity contribution in [2.24, 2.45) is 0 Å². The molecule has 25 heavy (non-hydrogen) atoms. The Morgan fingerprint density at radius 1 is 1.00 bits per heavy atom. The molecule has 2 aliphatic rings. The maximum atomic E-state index is 10.3. The van der Waals surface area contributed by atoms with Gasteiger partial charge in [0.05, 0.1) is 12.7 Å². The number of rotatable bonds is 3. The predicted molar refractivity (Wildman–Crippen MR) is 91.6 cm³/mol. The Hall–Kier alpha value is -1.28. The van der Waals surface area contributed by atoms with Gasteiger partial charge in [0.1, 0.15) is 30.5 Å². The van der Waals surface area contributed by atoms with Crippen molar-refractivity contribution in [3.8, 4) is 0 Å². The molecule has 138 valence electrons. The number of hydrogen-bond acceptors (Lipinski definition) is 6. The molecule has 1 aliphatic heterocycles. The van der Waals surface area contributed by atoms with Crippen LogP contribution in [0.2, 0.25) is 0 Å². The van der Waals surface area contributed by atoms with E-state index in [1.165, 1.54) is 5.57 Å². The van der Waals surface area contributed by atoms with Gasteiger partial charge in [-0.25, -0.2) is 0 Å². The monoisotopic (exact) mass is 350 g/mol. The fraction of sp³-hybridized carbons (Fsp3) is 0.579. The summed E-state index contributed by atoms with van der Waals surface area (Å²) in [4.78, 5) is 0. The van der Waals surface area contributed by atoms with Crippen LogP contribution in [0.25, 0.3) is 6.08 Å². The van der Waals surface area contributed by atoms with Crippen LogP contribution in [0.5, 0.6) is 0 Å². The molecule has 1 saturated carbocycles. The van der Waals surface area contributed by atoms with Crippen molar-refractivity contribution in [3.63, 3.8) is 0 Å². The molecule has 2 fully saturated rings. The topological polar surface area (TPSA) is 110 Å². The Morgan fingerprint density at radius 3 is 2.40 bits per heavy atom. The molecular formula is C19H26O6. The average Bonchev–Trinajstić information content (AvgIpc) is 2.62. The summed E-state index contributed by atoms with van der Waals surface area (Å²) in [5.74, 6) is 0. The van der Waals surface area contributed by atoms with E-state index in [9.17, 15) is 25.5 Å². The molecule has 0 bridgehead atoms. The summed E-state index contributed by atoms with van der Waals surface area (Å²) in [5.41, 5.74) is 2.92. The normalized spacial score (nSPS) is 36.3. The second-order valence-corrected chi connectivity index (χ2v) is 6.95. The maximum Gasteiger partial charge on any atom is 0.113 e. The van der Waals surface area contributed by atoms with Crippen LogP contribution in [0.1, 0.15) is 42.9 Å². The highest BCUT2D eigenvalue weighted by Gasteiger charge is 2.43. The van der Waals surface area contributed by atoms with Gasteiger partial charge >= 0.3 is 0 Å². The lowest BCUT2D eigenvalue weighted by molar-refractivity contribution is -0.231. The van der Waals surface area contributed by atoms with Gasteiger partial charge in [0.25, 0.3) is 0 Å². The van der Waals surface area contributed by atoms with E-state index < -0.39 is 37.1 Å². The van der Waals surface area contributed by atoms with Crippen LogP contribution in [0, 0.1) is 0 Å². The first kappa shape index (κ1) is 18.5. The average molecular weight is 350 g/mol. The highest BCUT2D eigenvalue weighted by molar-refractivity contribution is 5.54. The van der Waals surface area contributed by atoms with Gasteiger partial charge in [-0.3, -0.25) is 0 Å². The smallest absolute Gasteiger partial charge is 0.113 e. The number of ether oxygens (including phenoxy) is 1. The molecule has 1 aromatic rings. The third-order valence-corrected chi connectivity index (χ3v) is 5.10. The number of hydrogen-bond donors (Lipinski definition) is 5. The minimum absolute atomic E-state index is 0.211. The molecule has 1 saturated heterocycles. The molecule has 0 amide bonds. The zero-order valence-corrected chi connectivity index (χ0v) is 14.0. The predicted octanol–water partition coefficient (Wildman–Crippen LogP) is 0.520. The lowest BCUT2D eigenvalue weighted by Gasteiger charge is -2.40. The quantitative estimate of drug-likeness (QED) is 0.544. The fourth-order valence-corrected chi connectivity index (χ4v) is 3.56. The lowest BCUT2D eigenvalue weighted by Crippen LogP contribution is -2.55. The number of benzene rings is 1. The van der Waals surface area contributed by atoms with Crippen LogP contribution >= 0.6 is 0 Å². The van der Waals surface area contributed by atoms with E-state index in [-0.39, 0.29) is 6.10 Å². The van der Waals surface area contributed by atoms with Crippen LogP contribution in [-0.2, 0) is 4.74 Å². The molecule has 6 heteroatoms. The minimum atomic E-state index is -1.38. The SMILES string of the molecule is OCC1O[C@@H](c2cccc(C=C3CCC(O)CC3)c2)[C@H](O)[C@@H](O)[C@@H]1O. The van der Waals surface area contributed by atoms with Crippen LogP contribution < -0.4 is 0 Å². The molecule has 0 spiro atoms. The first-order valence-electron chi connectivity index (χ1n) is 8.77. The molecule has 1 unspecified atom stereocenters. The van der Waals surface area contributed by atoms with Gasteiger partial charge in [-0.1, -0.05) is 29.8 Å². The van der Waals surface area contributed by atoms with E-state index in [0.717, 1.165) is 31.2 Å². The maximum absolute atomic E-state index is 10.3. The molecular weight excluding hydrogens is 324 g/mol. The van der Waals surface area contributed by atoms with E-state index in [0.29, 0.717) is 5.56 Å². The van der Waals surface area contributed by atoms with Crippen molar-refractivity contribution < 1.29 is 30.3 Å². The summed E-state index contributed by atoms with van der Waals surface area (Å²) in [6.45, 7) is -0.437. The summed E-state index contributed by atoms with van der Waals surface area (Å²) in [6, 6.07) is 7.47. The molecule has 1 aromatic carbocycles. The van der Waals surface area contributed by atoms with E-state index in [1.54, 1.807) is 6.07 Å². The van der Waals surface area contributed by atoms with E-state index >= 15 is 0 Å². The third-order valence-electron chi connectivity index (χ3n) is 5.10. The van der Waals surface area contributed by atoms with Crippen LogP contribution in [-0.4, -0.2) is 62.7 Å². The Kier molecular flexibility index (Phi) is 5.89. The third kappa shape index (κ3) is 4.11. The second kappa shape index (κ2) is 7.95. The molecule has 1 aliphatic carbocycles. The van der Waals surface area contributed by atoms with Crippen molar-refractivity contribution >= 4 is 6.08 Å². The number of allylic oxidation sites excluding steroid dienone is 1. The zero-order chi connectivity index (χ0) is 18.0. The van der Waals surface area contributed by atoms with Gasteiger partial charge in [-0.2, -0.15) is 0 Å². The largest absolute Gasteiger partial charge is 0.394 e. The van der Waals surface area contributed by atoms with Gasteiger partial charge in [0.2, 0.25) is 0 Å². The summed E-state index contributed by atoms with van der Waals surface area (Å²) < 4.78 is 5.61. The van der Waals surface area contributed by atoms with Crippen molar-refractivity contribution in [3.05, 3.63) is 41.0 Å². The number of aliphatic hydroxyl groups is 5. The van der Waals surface area contributed by atoms with Crippen LogP contribution in [0.4, 0.5) is 0 Å². The van der Waals surface area contributed by atoms with E-state index in [4.69, 9.17) is 4.74 Å². The Labute approximate surface area is 147 Å². The van der Waals surface area contributed by atoms with Crippen molar-refractivity contribution in [1.82, 2.24) is 0 Å². The van der Waals surface area contributed by atoms with Gasteiger partial charge < -0.3 is 30.3 Å². The zero-order valence-electron chi connectivity index (χ0n) is 14.0. The molecule has 0 aromatic heterocycles. The second-order valence-electron chi connectivity index (χ2n) is 6.95. The van der Waals surface area contributed by atoms with Crippen molar-refractivity contribution in [1.29, 1.82) is 0 Å². The standard InChI is InChI=1S/C19H26O6/c20-10-15-16(22)17(23)18(24)19(25-15)13-3-1-2-12(9-13)8-11-4-6-14(21)7-5-11/h1-3,8-9,14-24H,4-7,10H2/t14?,15?,16-,17+,18-,19+/m1/s1. The lowest BCUT2D eigenvalue weighted by atomic mass is 9.89. The Morgan fingerprint density at radius 2 is 1.72 bits per heavy atom. The Balaban J connectivity index is 1.80. The highest BCUT2D eigenvalue weighted by Crippen LogP contribution is 2.33. The first-order valence-corrected chi connectivity index (χ1v) is 8.77.